The van der Waals surface area contributed by atoms with Crippen LogP contribution < -0.4 is 11.3 Å². The van der Waals surface area contributed by atoms with Crippen LogP contribution in [0.1, 0.15) is 23.0 Å². The minimum atomic E-state index is 0.102. The predicted octanol–water partition coefficient (Wildman–Crippen LogP) is 3.04. The van der Waals surface area contributed by atoms with Gasteiger partial charge in [-0.05, 0) is 52.4 Å². The number of aromatic nitrogens is 1. The lowest BCUT2D eigenvalue weighted by Gasteiger charge is -2.14. The third-order valence-electron chi connectivity index (χ3n) is 2.57. The van der Waals surface area contributed by atoms with Crippen LogP contribution in [0.2, 0.25) is 0 Å². The second kappa shape index (κ2) is 6.26. The molecule has 2 rings (SSSR count). The van der Waals surface area contributed by atoms with Gasteiger partial charge in [0.1, 0.15) is 0 Å². The number of aryl methyl sites for hydroxylation is 1. The van der Waals surface area contributed by atoms with Crippen molar-refractivity contribution in [2.24, 2.45) is 5.84 Å². The molecule has 0 saturated carbocycles. The standard InChI is InChI=1S/C12H14BrN3S/c13-9-3-5-11(15-8-9)12(16-14)6-4-10-2-1-7-17-10/h1-3,5,7-8,12,16H,4,6,14H2. The van der Waals surface area contributed by atoms with E-state index in [1.54, 1.807) is 17.5 Å². The SMILES string of the molecule is NNC(CCc1cccs1)c1ccc(Br)cn1. The van der Waals surface area contributed by atoms with Crippen LogP contribution in [0, 0.1) is 0 Å². The van der Waals surface area contributed by atoms with Gasteiger partial charge in [-0.15, -0.1) is 11.3 Å². The minimum Gasteiger partial charge on any atom is -0.271 e. The summed E-state index contributed by atoms with van der Waals surface area (Å²) in [5.41, 5.74) is 3.81. The molecule has 0 aliphatic carbocycles. The lowest BCUT2D eigenvalue weighted by molar-refractivity contribution is 0.506. The van der Waals surface area contributed by atoms with E-state index in [4.69, 9.17) is 5.84 Å². The van der Waals surface area contributed by atoms with Gasteiger partial charge in [-0.2, -0.15) is 0 Å². The van der Waals surface area contributed by atoms with Gasteiger partial charge in [-0.3, -0.25) is 16.3 Å². The van der Waals surface area contributed by atoms with Crippen molar-refractivity contribution >= 4 is 27.3 Å². The lowest BCUT2D eigenvalue weighted by atomic mass is 10.1. The Morgan fingerprint density at radius 2 is 2.29 bits per heavy atom. The summed E-state index contributed by atoms with van der Waals surface area (Å²) in [5, 5.41) is 2.10. The molecule has 0 aliphatic heterocycles. The van der Waals surface area contributed by atoms with Gasteiger partial charge in [-0.1, -0.05) is 6.07 Å². The van der Waals surface area contributed by atoms with E-state index in [9.17, 15) is 0 Å². The van der Waals surface area contributed by atoms with Crippen LogP contribution >= 0.6 is 27.3 Å². The van der Waals surface area contributed by atoms with Gasteiger partial charge in [0, 0.05) is 15.5 Å². The molecule has 0 spiro atoms. The van der Waals surface area contributed by atoms with Gasteiger partial charge >= 0.3 is 0 Å². The van der Waals surface area contributed by atoms with Crippen LogP contribution in [0.3, 0.4) is 0 Å². The van der Waals surface area contributed by atoms with Crippen LogP contribution in [0.5, 0.6) is 0 Å². The zero-order valence-corrected chi connectivity index (χ0v) is 11.7. The van der Waals surface area contributed by atoms with Crippen LogP contribution in [0.4, 0.5) is 0 Å². The summed E-state index contributed by atoms with van der Waals surface area (Å²) in [5.74, 6) is 5.58. The summed E-state index contributed by atoms with van der Waals surface area (Å²) in [6.45, 7) is 0. The molecule has 0 radical (unpaired) electrons. The summed E-state index contributed by atoms with van der Waals surface area (Å²) >= 11 is 5.15. The van der Waals surface area contributed by atoms with E-state index in [1.165, 1.54) is 4.88 Å². The second-order valence-corrected chi connectivity index (χ2v) is 5.69. The first kappa shape index (κ1) is 12.7. The molecular formula is C12H14BrN3S. The van der Waals surface area contributed by atoms with E-state index in [1.807, 2.05) is 12.1 Å². The third-order valence-corrected chi connectivity index (χ3v) is 3.97. The molecule has 0 aromatic carbocycles. The number of pyridine rings is 1. The Morgan fingerprint density at radius 1 is 1.41 bits per heavy atom. The lowest BCUT2D eigenvalue weighted by Crippen LogP contribution is -2.29. The first-order chi connectivity index (χ1) is 8.29. The summed E-state index contributed by atoms with van der Waals surface area (Å²) in [6, 6.07) is 8.29. The maximum absolute atomic E-state index is 5.58. The van der Waals surface area contributed by atoms with E-state index < -0.39 is 0 Å². The summed E-state index contributed by atoms with van der Waals surface area (Å²) in [6.07, 6.45) is 3.76. The number of thiophene rings is 1. The number of hydrogen-bond donors (Lipinski definition) is 2. The Bertz CT molecular complexity index is 441. The number of nitrogens with zero attached hydrogens (tertiary/aromatic N) is 1. The Balaban J connectivity index is 1.99. The fourth-order valence-corrected chi connectivity index (χ4v) is 2.61. The predicted molar refractivity (Wildman–Crippen MR) is 74.6 cm³/mol. The molecule has 0 fully saturated rings. The number of halogens is 1. The minimum absolute atomic E-state index is 0.102. The molecule has 0 saturated heterocycles. The monoisotopic (exact) mass is 311 g/mol. The highest BCUT2D eigenvalue weighted by Gasteiger charge is 2.11. The first-order valence-electron chi connectivity index (χ1n) is 5.39. The summed E-state index contributed by atoms with van der Waals surface area (Å²) in [7, 11) is 0. The molecule has 2 aromatic heterocycles. The maximum atomic E-state index is 5.58. The Hall–Kier alpha value is -0.750. The van der Waals surface area contributed by atoms with Crippen LogP contribution in [0.25, 0.3) is 0 Å². The van der Waals surface area contributed by atoms with Crippen molar-refractivity contribution in [2.45, 2.75) is 18.9 Å². The molecule has 2 heterocycles. The number of nitrogens with one attached hydrogen (secondary N) is 1. The van der Waals surface area contributed by atoms with Gasteiger partial charge in [0.25, 0.3) is 0 Å². The Morgan fingerprint density at radius 3 is 2.88 bits per heavy atom. The molecule has 0 bridgehead atoms. The molecule has 1 unspecified atom stereocenters. The normalized spacial score (nSPS) is 12.6. The smallest absolute Gasteiger partial charge is 0.0635 e. The quantitative estimate of drug-likeness (QED) is 0.659. The topological polar surface area (TPSA) is 50.9 Å². The number of hydrazine groups is 1. The zero-order valence-electron chi connectivity index (χ0n) is 9.27. The third kappa shape index (κ3) is 3.61. The summed E-state index contributed by atoms with van der Waals surface area (Å²) in [4.78, 5) is 5.74. The molecule has 1 atom stereocenters. The van der Waals surface area contributed by atoms with Crippen molar-refractivity contribution in [1.29, 1.82) is 0 Å². The number of hydrogen-bond acceptors (Lipinski definition) is 4. The van der Waals surface area contributed by atoms with Gasteiger partial charge < -0.3 is 0 Å². The van der Waals surface area contributed by atoms with E-state index in [2.05, 4.69) is 43.9 Å². The Labute approximate surface area is 113 Å². The molecular weight excluding hydrogens is 298 g/mol. The molecule has 3 nitrogen and oxygen atoms in total. The number of nitrogens with two attached hydrogens (primary N) is 1. The Kier molecular flexibility index (Phi) is 4.67. The molecule has 0 amide bonds. The van der Waals surface area contributed by atoms with Gasteiger partial charge in [-0.25, -0.2) is 0 Å². The highest BCUT2D eigenvalue weighted by molar-refractivity contribution is 9.10. The van der Waals surface area contributed by atoms with Crippen molar-refractivity contribution in [2.75, 3.05) is 0 Å². The van der Waals surface area contributed by atoms with Gasteiger partial charge in [0.15, 0.2) is 0 Å². The fourth-order valence-electron chi connectivity index (χ4n) is 1.65. The highest BCUT2D eigenvalue weighted by Crippen LogP contribution is 2.20. The van der Waals surface area contributed by atoms with Gasteiger partial charge in [0.2, 0.25) is 0 Å². The van der Waals surface area contributed by atoms with E-state index >= 15 is 0 Å². The maximum Gasteiger partial charge on any atom is 0.0635 e. The molecule has 2 aromatic rings. The van der Waals surface area contributed by atoms with Crippen molar-refractivity contribution < 1.29 is 0 Å². The van der Waals surface area contributed by atoms with E-state index in [0.717, 1.165) is 23.0 Å². The van der Waals surface area contributed by atoms with Crippen molar-refractivity contribution in [3.05, 3.63) is 50.9 Å². The first-order valence-corrected chi connectivity index (χ1v) is 7.07. The average Bonchev–Trinajstić information content (AvgIpc) is 2.85. The van der Waals surface area contributed by atoms with Crippen LogP contribution in [-0.4, -0.2) is 4.98 Å². The highest BCUT2D eigenvalue weighted by atomic mass is 79.9. The van der Waals surface area contributed by atoms with Crippen molar-refractivity contribution in [1.82, 2.24) is 10.4 Å². The van der Waals surface area contributed by atoms with E-state index in [-0.39, 0.29) is 6.04 Å². The molecule has 5 heteroatoms. The second-order valence-electron chi connectivity index (χ2n) is 3.74. The van der Waals surface area contributed by atoms with Crippen molar-refractivity contribution in [3.8, 4) is 0 Å². The summed E-state index contributed by atoms with van der Waals surface area (Å²) < 4.78 is 0.982. The van der Waals surface area contributed by atoms with Gasteiger partial charge in [0.05, 0.1) is 11.7 Å². The van der Waals surface area contributed by atoms with E-state index in [0.29, 0.717) is 0 Å². The molecule has 0 aliphatic rings. The van der Waals surface area contributed by atoms with Crippen molar-refractivity contribution in [3.63, 3.8) is 0 Å². The molecule has 90 valence electrons. The zero-order chi connectivity index (χ0) is 12.1. The average molecular weight is 312 g/mol. The van der Waals surface area contributed by atoms with Crippen LogP contribution in [-0.2, 0) is 6.42 Å². The molecule has 17 heavy (non-hydrogen) atoms. The fraction of sp³-hybridized carbons (Fsp3) is 0.250. The largest absolute Gasteiger partial charge is 0.271 e. The van der Waals surface area contributed by atoms with Crippen LogP contribution in [0.15, 0.2) is 40.3 Å². The number of rotatable bonds is 5. The molecule has 3 N–H and O–H groups in total.